The maximum atomic E-state index is 12.5. The maximum Gasteiger partial charge on any atom is 0.257 e. The molecule has 0 radical (unpaired) electrons. The number of nitrogens with zero attached hydrogens (tertiary/aromatic N) is 1. The Balaban J connectivity index is 1.53. The van der Waals surface area contributed by atoms with Crippen LogP contribution in [0, 0.1) is 20.8 Å². The number of benzene rings is 3. The van der Waals surface area contributed by atoms with Crippen LogP contribution in [0.15, 0.2) is 59.0 Å². The zero-order chi connectivity index (χ0) is 22.1. The molecule has 0 unspecified atom stereocenters. The molecule has 1 heterocycles. The van der Waals surface area contributed by atoms with E-state index in [-0.39, 0.29) is 16.8 Å². The molecule has 6 nitrogen and oxygen atoms in total. The van der Waals surface area contributed by atoms with Crippen LogP contribution in [0.3, 0.4) is 0 Å². The Kier molecular flexibility index (Phi) is 5.44. The monoisotopic (exact) mass is 431 g/mol. The molecule has 3 aromatic carbocycles. The highest BCUT2D eigenvalue weighted by atomic mass is 32.1. The van der Waals surface area contributed by atoms with Crippen LogP contribution in [0.5, 0.6) is 5.75 Å². The summed E-state index contributed by atoms with van der Waals surface area (Å²) in [4.78, 5) is 17.0. The number of hydrogen-bond acceptors (Lipinski definition) is 5. The van der Waals surface area contributed by atoms with Gasteiger partial charge < -0.3 is 14.8 Å². The number of fused-ring (bicyclic) bond motifs is 1. The minimum atomic E-state index is -0.294. The van der Waals surface area contributed by atoms with Crippen molar-refractivity contribution < 1.29 is 14.3 Å². The predicted molar refractivity (Wildman–Crippen MR) is 125 cm³/mol. The molecule has 31 heavy (non-hydrogen) atoms. The van der Waals surface area contributed by atoms with Crippen LogP contribution in [-0.4, -0.2) is 21.1 Å². The van der Waals surface area contributed by atoms with E-state index in [4.69, 9.17) is 16.6 Å². The summed E-state index contributed by atoms with van der Waals surface area (Å²) in [6.45, 7) is 5.85. The number of phenolic OH excluding ortho intramolecular Hbond substituents is 1. The molecule has 156 valence electrons. The Hall–Kier alpha value is -3.71. The molecule has 3 N–H and O–H groups in total. The molecular weight excluding hydrogens is 410 g/mol. The van der Waals surface area contributed by atoms with Crippen molar-refractivity contribution in [3.63, 3.8) is 0 Å². The fraction of sp³-hybridized carbons (Fsp3) is 0.125. The normalized spacial score (nSPS) is 10.8. The zero-order valence-corrected chi connectivity index (χ0v) is 18.1. The number of nitrogens with one attached hydrogen (secondary N) is 2. The van der Waals surface area contributed by atoms with Gasteiger partial charge in [-0.15, -0.1) is 0 Å². The lowest BCUT2D eigenvalue weighted by atomic mass is 10.1. The van der Waals surface area contributed by atoms with Crippen LogP contribution in [0.2, 0.25) is 0 Å². The Labute approximate surface area is 184 Å². The van der Waals surface area contributed by atoms with E-state index < -0.39 is 0 Å². The van der Waals surface area contributed by atoms with Crippen LogP contribution in [0.25, 0.3) is 22.6 Å². The van der Waals surface area contributed by atoms with Crippen molar-refractivity contribution in [3.05, 3.63) is 76.9 Å². The molecule has 0 bridgehead atoms. The second kappa shape index (κ2) is 8.20. The average Bonchev–Trinajstić information content (AvgIpc) is 3.11. The van der Waals surface area contributed by atoms with Gasteiger partial charge in [0.1, 0.15) is 11.3 Å². The first kappa shape index (κ1) is 20.6. The third-order valence-corrected chi connectivity index (χ3v) is 4.94. The number of rotatable bonds is 3. The van der Waals surface area contributed by atoms with Crippen molar-refractivity contribution in [2.45, 2.75) is 20.8 Å². The van der Waals surface area contributed by atoms with E-state index >= 15 is 0 Å². The average molecular weight is 432 g/mol. The quantitative estimate of drug-likeness (QED) is 0.303. The van der Waals surface area contributed by atoms with Gasteiger partial charge >= 0.3 is 0 Å². The lowest BCUT2D eigenvalue weighted by Gasteiger charge is -2.11. The van der Waals surface area contributed by atoms with E-state index in [1.807, 2.05) is 45.0 Å². The lowest BCUT2D eigenvalue weighted by molar-refractivity contribution is 0.0977. The van der Waals surface area contributed by atoms with Crippen LogP contribution in [0.4, 0.5) is 5.69 Å². The number of carbonyl (C=O) groups is 1. The number of hydrogen-bond donors (Lipinski definition) is 3. The molecule has 4 rings (SSSR count). The SMILES string of the molecule is Cc1cc(C)cc(C(=O)NC(=S)Nc2ccc(O)c(-c3nc4cc(C)ccc4o3)c2)c1. The molecule has 0 aliphatic carbocycles. The molecule has 0 atom stereocenters. The molecule has 0 aliphatic rings. The first-order valence-electron chi connectivity index (χ1n) is 9.70. The number of anilines is 1. The lowest BCUT2D eigenvalue weighted by Crippen LogP contribution is -2.34. The fourth-order valence-electron chi connectivity index (χ4n) is 3.38. The minimum Gasteiger partial charge on any atom is -0.507 e. The third kappa shape index (κ3) is 4.57. The van der Waals surface area contributed by atoms with Gasteiger partial charge in [-0.25, -0.2) is 4.98 Å². The van der Waals surface area contributed by atoms with Crippen LogP contribution < -0.4 is 10.6 Å². The molecule has 7 heteroatoms. The summed E-state index contributed by atoms with van der Waals surface area (Å²) in [6, 6.07) is 16.1. The minimum absolute atomic E-state index is 0.0269. The molecule has 0 fully saturated rings. The van der Waals surface area contributed by atoms with Crippen molar-refractivity contribution in [1.29, 1.82) is 0 Å². The summed E-state index contributed by atoms with van der Waals surface area (Å²) >= 11 is 5.29. The van der Waals surface area contributed by atoms with E-state index in [0.717, 1.165) is 16.7 Å². The second-order valence-corrected chi connectivity index (χ2v) is 7.92. The summed E-state index contributed by atoms with van der Waals surface area (Å²) in [5, 5.41) is 16.1. The number of amides is 1. The van der Waals surface area contributed by atoms with E-state index in [1.54, 1.807) is 24.3 Å². The van der Waals surface area contributed by atoms with E-state index in [9.17, 15) is 9.90 Å². The van der Waals surface area contributed by atoms with Crippen molar-refractivity contribution in [3.8, 4) is 17.2 Å². The highest BCUT2D eigenvalue weighted by Crippen LogP contribution is 2.33. The highest BCUT2D eigenvalue weighted by Gasteiger charge is 2.15. The number of oxazole rings is 1. The number of phenols is 1. The van der Waals surface area contributed by atoms with Crippen molar-refractivity contribution >= 4 is 40.0 Å². The molecular formula is C24H21N3O3S. The topological polar surface area (TPSA) is 87.4 Å². The van der Waals surface area contributed by atoms with E-state index in [1.165, 1.54) is 6.07 Å². The molecule has 0 aliphatic heterocycles. The van der Waals surface area contributed by atoms with Crippen molar-refractivity contribution in [2.75, 3.05) is 5.32 Å². The number of carbonyl (C=O) groups excluding carboxylic acids is 1. The van der Waals surface area contributed by atoms with Crippen molar-refractivity contribution in [1.82, 2.24) is 10.3 Å². The summed E-state index contributed by atoms with van der Waals surface area (Å²) in [5.41, 5.74) is 5.95. The molecule has 0 spiro atoms. The Bertz CT molecular complexity index is 1310. The summed E-state index contributed by atoms with van der Waals surface area (Å²) < 4.78 is 5.79. The second-order valence-electron chi connectivity index (χ2n) is 7.51. The predicted octanol–water partition coefficient (Wildman–Crippen LogP) is 5.25. The van der Waals surface area contributed by atoms with Gasteiger partial charge in [-0.1, -0.05) is 23.3 Å². The Morgan fingerprint density at radius 2 is 1.71 bits per heavy atom. The third-order valence-electron chi connectivity index (χ3n) is 4.74. The molecule has 1 aromatic heterocycles. The van der Waals surface area contributed by atoms with Crippen molar-refractivity contribution in [2.24, 2.45) is 0 Å². The van der Waals surface area contributed by atoms with Gasteiger partial charge in [0.15, 0.2) is 10.7 Å². The number of aromatic nitrogens is 1. The first-order chi connectivity index (χ1) is 14.8. The van der Waals surface area contributed by atoms with Crippen LogP contribution in [-0.2, 0) is 0 Å². The number of thiocarbonyl (C=S) groups is 1. The van der Waals surface area contributed by atoms with Gasteiger partial charge in [0, 0.05) is 11.3 Å². The van der Waals surface area contributed by atoms with E-state index in [2.05, 4.69) is 15.6 Å². The van der Waals surface area contributed by atoms with Gasteiger partial charge in [0.2, 0.25) is 5.89 Å². The molecule has 0 saturated heterocycles. The summed E-state index contributed by atoms with van der Waals surface area (Å²) in [6.07, 6.45) is 0. The first-order valence-corrected chi connectivity index (χ1v) is 10.1. The Morgan fingerprint density at radius 1 is 0.968 bits per heavy atom. The van der Waals surface area contributed by atoms with E-state index in [0.29, 0.717) is 33.8 Å². The van der Waals surface area contributed by atoms with Gasteiger partial charge in [-0.3, -0.25) is 10.1 Å². The maximum absolute atomic E-state index is 12.5. The van der Waals surface area contributed by atoms with Gasteiger partial charge in [-0.2, -0.15) is 0 Å². The van der Waals surface area contributed by atoms with Gasteiger partial charge in [-0.05, 0) is 81.0 Å². The van der Waals surface area contributed by atoms with Crippen LogP contribution >= 0.6 is 12.2 Å². The molecule has 0 saturated carbocycles. The highest BCUT2D eigenvalue weighted by molar-refractivity contribution is 7.80. The zero-order valence-electron chi connectivity index (χ0n) is 17.3. The largest absolute Gasteiger partial charge is 0.507 e. The molecule has 4 aromatic rings. The number of aromatic hydroxyl groups is 1. The fourth-order valence-corrected chi connectivity index (χ4v) is 3.59. The van der Waals surface area contributed by atoms with Gasteiger partial charge in [0.25, 0.3) is 5.91 Å². The smallest absolute Gasteiger partial charge is 0.257 e. The summed E-state index contributed by atoms with van der Waals surface area (Å²) in [7, 11) is 0. The molecule has 1 amide bonds. The summed E-state index contributed by atoms with van der Waals surface area (Å²) in [5.74, 6) is 0.0311. The van der Waals surface area contributed by atoms with Crippen LogP contribution in [0.1, 0.15) is 27.0 Å². The standard InChI is InChI=1S/C24H21N3O3S/c1-13-4-7-21-19(11-13)26-23(30-21)18-12-17(5-6-20(18)28)25-24(31)27-22(29)16-9-14(2)8-15(3)10-16/h4-12,28H,1-3H3,(H2,25,27,29,31). The number of aryl methyl sites for hydroxylation is 3. The van der Waals surface area contributed by atoms with Gasteiger partial charge in [0.05, 0.1) is 5.56 Å². The Morgan fingerprint density at radius 3 is 2.45 bits per heavy atom.